The Labute approximate surface area is 258 Å². The lowest BCUT2D eigenvalue weighted by molar-refractivity contribution is 0.123. The van der Waals surface area contributed by atoms with Gasteiger partial charge in [-0.1, -0.05) is 81.4 Å². The molecule has 0 amide bonds. The quantitative estimate of drug-likeness (QED) is 0.226. The summed E-state index contributed by atoms with van der Waals surface area (Å²) in [6.45, 7) is 17.1. The molecule has 0 unspecified atom stereocenters. The van der Waals surface area contributed by atoms with Gasteiger partial charge < -0.3 is 14.4 Å². The van der Waals surface area contributed by atoms with Crippen molar-refractivity contribution in [2.45, 2.75) is 40.0 Å². The summed E-state index contributed by atoms with van der Waals surface area (Å²) in [7, 11) is 0. The van der Waals surface area contributed by atoms with Crippen molar-refractivity contribution >= 4 is 22.4 Å². The minimum absolute atomic E-state index is 0.126. The van der Waals surface area contributed by atoms with Crippen LogP contribution < -0.4 is 4.90 Å². The van der Waals surface area contributed by atoms with E-state index in [1.165, 1.54) is 32.1 Å². The molecule has 1 fully saturated rings. The van der Waals surface area contributed by atoms with Gasteiger partial charge in [0.25, 0.3) is 5.70 Å². The number of ether oxygens (including phenoxy) is 2. The molecule has 1 aliphatic carbocycles. The van der Waals surface area contributed by atoms with E-state index in [-0.39, 0.29) is 11.1 Å². The van der Waals surface area contributed by atoms with Crippen LogP contribution in [0.5, 0.6) is 0 Å². The number of nitriles is 1. The molecule has 0 bridgehead atoms. The molecule has 0 N–H and O–H groups in total. The highest BCUT2D eigenvalue weighted by atomic mass is 32.1. The summed E-state index contributed by atoms with van der Waals surface area (Å²) < 4.78 is 12.4. The molecule has 43 heavy (non-hydrogen) atoms. The molecule has 2 aliphatic heterocycles. The third kappa shape index (κ3) is 5.69. The van der Waals surface area contributed by atoms with Crippen molar-refractivity contribution in [1.29, 1.82) is 5.26 Å². The van der Waals surface area contributed by atoms with E-state index < -0.39 is 0 Å². The Balaban J connectivity index is 1.59. The Kier molecular flexibility index (Phi) is 8.08. The smallest absolute Gasteiger partial charge is 0.269 e. The van der Waals surface area contributed by atoms with Crippen LogP contribution in [0.25, 0.3) is 33.2 Å². The fraction of sp³-hybridized carbons (Fsp3) is 0.297. The van der Waals surface area contributed by atoms with Crippen molar-refractivity contribution in [1.82, 2.24) is 0 Å². The third-order valence-electron chi connectivity index (χ3n) is 8.11. The number of hydrogen-bond donors (Lipinski definition) is 0. The maximum Gasteiger partial charge on any atom is 0.269 e. The fourth-order valence-electron chi connectivity index (χ4n) is 5.93. The van der Waals surface area contributed by atoms with Crippen LogP contribution in [-0.4, -0.2) is 26.3 Å². The normalized spacial score (nSPS) is 19.2. The van der Waals surface area contributed by atoms with Crippen LogP contribution in [0.3, 0.4) is 0 Å². The number of allylic oxidation sites excluding steroid dienone is 6. The lowest BCUT2D eigenvalue weighted by Crippen LogP contribution is -2.35. The van der Waals surface area contributed by atoms with E-state index in [1.807, 2.05) is 17.4 Å². The Morgan fingerprint density at radius 3 is 2.23 bits per heavy atom. The van der Waals surface area contributed by atoms with Crippen molar-refractivity contribution in [3.63, 3.8) is 0 Å². The molecular weight excluding hydrogens is 550 g/mol. The first-order valence-corrected chi connectivity index (χ1v) is 15.7. The second kappa shape index (κ2) is 12.1. The van der Waals surface area contributed by atoms with Crippen molar-refractivity contribution in [2.75, 3.05) is 31.2 Å². The molecule has 1 saturated heterocycles. The first-order valence-electron chi connectivity index (χ1n) is 14.9. The van der Waals surface area contributed by atoms with E-state index in [9.17, 15) is 5.26 Å². The summed E-state index contributed by atoms with van der Waals surface area (Å²) in [6, 6.07) is 23.5. The number of nitrogens with zero attached hydrogens (tertiary/aromatic N) is 3. The number of rotatable bonds is 4. The van der Waals surface area contributed by atoms with Crippen LogP contribution in [0.1, 0.15) is 44.9 Å². The van der Waals surface area contributed by atoms with Gasteiger partial charge in [-0.25, -0.2) is 10.1 Å². The number of thiophene rings is 1. The van der Waals surface area contributed by atoms with Crippen LogP contribution >= 0.6 is 11.3 Å². The highest BCUT2D eigenvalue weighted by Crippen LogP contribution is 2.51. The summed E-state index contributed by atoms with van der Waals surface area (Å²) in [4.78, 5) is 7.25. The van der Waals surface area contributed by atoms with Crippen LogP contribution in [-0.2, 0) is 9.47 Å². The molecule has 3 heterocycles. The second-order valence-corrected chi connectivity index (χ2v) is 13.1. The minimum Gasteiger partial charge on any atom is -0.461 e. The molecule has 3 aromatic rings. The number of morpholine rings is 1. The molecule has 3 aliphatic rings. The number of hydrogen-bond acceptors (Lipinski definition) is 5. The summed E-state index contributed by atoms with van der Waals surface area (Å²) in [5.74, 6) is 1.59. The third-order valence-corrected chi connectivity index (χ3v) is 9.31. The maximum atomic E-state index is 9.85. The lowest BCUT2D eigenvalue weighted by atomic mass is 9.82. The summed E-state index contributed by atoms with van der Waals surface area (Å²) in [5, 5.41) is 11.1. The van der Waals surface area contributed by atoms with Crippen molar-refractivity contribution in [3.8, 4) is 28.3 Å². The second-order valence-electron chi connectivity index (χ2n) is 12.0. The molecule has 1 aromatic heterocycles. The van der Waals surface area contributed by atoms with E-state index in [4.69, 9.17) is 16.0 Å². The fourth-order valence-corrected chi connectivity index (χ4v) is 7.30. The first kappa shape index (κ1) is 28.7. The van der Waals surface area contributed by atoms with E-state index in [0.29, 0.717) is 18.8 Å². The van der Waals surface area contributed by atoms with Gasteiger partial charge in [0.2, 0.25) is 0 Å². The highest BCUT2D eigenvalue weighted by molar-refractivity contribution is 7.18. The van der Waals surface area contributed by atoms with Crippen molar-refractivity contribution < 1.29 is 9.47 Å². The molecule has 0 atom stereocenters. The molecule has 5 nitrogen and oxygen atoms in total. The van der Waals surface area contributed by atoms with Gasteiger partial charge in [0.15, 0.2) is 0 Å². The Hall–Kier alpha value is -4.36. The van der Waals surface area contributed by atoms with E-state index in [0.717, 1.165) is 55.0 Å². The summed E-state index contributed by atoms with van der Waals surface area (Å²) in [5.41, 5.74) is 7.47. The molecular formula is C37H35N3O2S. The van der Waals surface area contributed by atoms with Gasteiger partial charge in [-0.2, -0.15) is 0 Å². The van der Waals surface area contributed by atoms with Crippen molar-refractivity contribution in [2.24, 2.45) is 5.41 Å². The van der Waals surface area contributed by atoms with Gasteiger partial charge in [-0.3, -0.25) is 0 Å². The Morgan fingerprint density at radius 1 is 0.977 bits per heavy atom. The molecule has 0 spiro atoms. The maximum absolute atomic E-state index is 9.85. The SMILES string of the molecule is [C-]#[N+]C(C#N)=C1C=C(C(C)(C)C)OC2=C1CCCC2=Cc1sc(N2CCOCC2)c(-c2ccccc2)c1-c1ccccc1. The van der Waals surface area contributed by atoms with E-state index in [2.05, 4.69) is 103 Å². The largest absolute Gasteiger partial charge is 0.461 e. The van der Waals surface area contributed by atoms with Gasteiger partial charge in [0.05, 0.1) is 25.9 Å². The Bertz CT molecular complexity index is 1720. The van der Waals surface area contributed by atoms with E-state index >= 15 is 0 Å². The summed E-state index contributed by atoms with van der Waals surface area (Å²) in [6.07, 6.45) is 6.80. The molecule has 6 heteroatoms. The van der Waals surface area contributed by atoms with Crippen LogP contribution in [0.4, 0.5) is 5.00 Å². The zero-order chi connectivity index (χ0) is 30.0. The van der Waals surface area contributed by atoms with Gasteiger partial charge in [0.1, 0.15) is 16.5 Å². The van der Waals surface area contributed by atoms with Crippen LogP contribution in [0, 0.1) is 23.3 Å². The predicted molar refractivity (Wildman–Crippen MR) is 175 cm³/mol. The monoisotopic (exact) mass is 585 g/mol. The van der Waals surface area contributed by atoms with Crippen molar-refractivity contribution in [3.05, 3.63) is 117 Å². The Morgan fingerprint density at radius 2 is 1.63 bits per heavy atom. The van der Waals surface area contributed by atoms with Crippen LogP contribution in [0.2, 0.25) is 0 Å². The predicted octanol–water partition coefficient (Wildman–Crippen LogP) is 9.40. The zero-order valence-corrected chi connectivity index (χ0v) is 25.8. The van der Waals surface area contributed by atoms with Gasteiger partial charge >= 0.3 is 0 Å². The average molecular weight is 586 g/mol. The highest BCUT2D eigenvalue weighted by Gasteiger charge is 2.33. The molecule has 0 radical (unpaired) electrons. The number of anilines is 1. The standard InChI is InChI=1S/C37H35N3O2S/c1-37(2,3)32-23-29(30(24-38)39-4)28-17-11-16-27(35(28)42-32)22-31-33(25-12-7-5-8-13-25)34(26-14-9-6-10-15-26)36(43-31)40-18-20-41-21-19-40/h5-10,12-15,22-23H,11,16-21H2,1-3H3. The van der Waals surface area contributed by atoms with Gasteiger partial charge in [-0.15, -0.1) is 11.3 Å². The zero-order valence-electron chi connectivity index (χ0n) is 24.9. The summed E-state index contributed by atoms with van der Waals surface area (Å²) >= 11 is 1.83. The van der Waals surface area contributed by atoms with Crippen LogP contribution in [0.15, 0.2) is 101 Å². The first-order chi connectivity index (χ1) is 20.9. The molecule has 0 saturated carbocycles. The van der Waals surface area contributed by atoms with Gasteiger partial charge in [-0.05, 0) is 53.7 Å². The minimum atomic E-state index is -0.281. The topological polar surface area (TPSA) is 49.8 Å². The molecule has 216 valence electrons. The van der Waals surface area contributed by atoms with Gasteiger partial charge in [0, 0.05) is 40.1 Å². The average Bonchev–Trinajstić information content (AvgIpc) is 3.41. The molecule has 6 rings (SSSR count). The molecule has 2 aromatic carbocycles. The lowest BCUT2D eigenvalue weighted by Gasteiger charge is -2.33. The number of benzene rings is 2. The van der Waals surface area contributed by atoms with E-state index in [1.54, 1.807) is 0 Å².